The summed E-state index contributed by atoms with van der Waals surface area (Å²) in [7, 11) is 0. The lowest BCUT2D eigenvalue weighted by atomic mass is 10.2. The van der Waals surface area contributed by atoms with Crippen LogP contribution in [0.3, 0.4) is 0 Å². The first-order valence-corrected chi connectivity index (χ1v) is 6.65. The quantitative estimate of drug-likeness (QED) is 0.761. The van der Waals surface area contributed by atoms with Gasteiger partial charge in [-0.05, 0) is 17.7 Å². The number of halogens is 1. The van der Waals surface area contributed by atoms with Crippen molar-refractivity contribution in [3.05, 3.63) is 66.0 Å². The Hall–Kier alpha value is -1.88. The second kappa shape index (κ2) is 7.22. The lowest BCUT2D eigenvalue weighted by molar-refractivity contribution is 0.106. The lowest BCUT2D eigenvalue weighted by Gasteiger charge is -2.09. The van der Waals surface area contributed by atoms with Gasteiger partial charge in [0, 0.05) is 0 Å². The van der Waals surface area contributed by atoms with Crippen LogP contribution in [-0.2, 0) is 11.3 Å². The minimum Gasteiger partial charge on any atom is -0.375 e. The zero-order valence-electron chi connectivity index (χ0n) is 11.5. The molecule has 0 bridgehead atoms. The molecule has 0 aliphatic heterocycles. The van der Waals surface area contributed by atoms with Gasteiger partial charge >= 0.3 is 0 Å². The Morgan fingerprint density at radius 1 is 1.05 bits per heavy atom. The van der Waals surface area contributed by atoms with Crippen LogP contribution < -0.4 is 5.73 Å². The molecule has 0 saturated carbocycles. The maximum atomic E-state index is 6.10. The fraction of sp³-hybridized carbons (Fsp3) is 0.188. The fourth-order valence-corrected chi connectivity index (χ4v) is 2.11. The third kappa shape index (κ3) is 3.82. The van der Waals surface area contributed by atoms with Gasteiger partial charge < -0.3 is 15.5 Å². The molecule has 5 heteroatoms. The minimum absolute atomic E-state index is 0. The summed E-state index contributed by atoms with van der Waals surface area (Å²) in [5.41, 5.74) is 9.18. The molecule has 110 valence electrons. The van der Waals surface area contributed by atoms with E-state index in [9.17, 15) is 0 Å². The molecule has 4 nitrogen and oxygen atoms in total. The molecule has 0 unspecified atom stereocenters. The summed E-state index contributed by atoms with van der Waals surface area (Å²) in [5.74, 6) is 0.763. The molecule has 1 atom stereocenters. The Balaban J connectivity index is 0.00000161. The van der Waals surface area contributed by atoms with Crippen LogP contribution in [0, 0.1) is 0 Å². The number of aromatic amines is 1. The lowest BCUT2D eigenvalue weighted by Crippen LogP contribution is -2.18. The molecule has 3 aromatic rings. The highest BCUT2D eigenvalue weighted by Crippen LogP contribution is 2.15. The van der Waals surface area contributed by atoms with Gasteiger partial charge in [0.25, 0.3) is 0 Å². The molecule has 3 N–H and O–H groups in total. The number of ether oxygens (including phenoxy) is 1. The SMILES string of the molecule is Cl.N[C@@H](COCc1ccccc1)c1nc2ccccc2[nH]1. The average molecular weight is 304 g/mol. The standard InChI is InChI=1S/C16H17N3O.ClH/c17-13(11-20-10-12-6-2-1-3-7-12)16-18-14-8-4-5-9-15(14)19-16;/h1-9,13H,10-11,17H2,(H,18,19);1H/t13-;/m0./s1. The van der Waals surface area contributed by atoms with E-state index in [0.717, 1.165) is 22.4 Å². The molecule has 2 aromatic carbocycles. The van der Waals surface area contributed by atoms with Crippen molar-refractivity contribution >= 4 is 23.4 Å². The van der Waals surface area contributed by atoms with E-state index in [1.165, 1.54) is 0 Å². The predicted octanol–water partition coefficient (Wildman–Crippen LogP) is 3.20. The number of nitrogens with one attached hydrogen (secondary N) is 1. The van der Waals surface area contributed by atoms with Gasteiger partial charge in [0.15, 0.2) is 0 Å². The number of hydrogen-bond donors (Lipinski definition) is 2. The smallest absolute Gasteiger partial charge is 0.126 e. The summed E-state index contributed by atoms with van der Waals surface area (Å²) in [5, 5.41) is 0. The number of hydrogen-bond acceptors (Lipinski definition) is 3. The Labute approximate surface area is 129 Å². The van der Waals surface area contributed by atoms with Gasteiger partial charge in [-0.3, -0.25) is 0 Å². The van der Waals surface area contributed by atoms with Crippen LogP contribution in [0.1, 0.15) is 17.4 Å². The van der Waals surface area contributed by atoms with Gasteiger partial charge in [-0.15, -0.1) is 12.4 Å². The Bertz CT molecular complexity index is 651. The average Bonchev–Trinajstić information content (AvgIpc) is 2.92. The van der Waals surface area contributed by atoms with E-state index in [1.54, 1.807) is 0 Å². The molecule has 1 heterocycles. The van der Waals surface area contributed by atoms with Crippen LogP contribution in [-0.4, -0.2) is 16.6 Å². The number of nitrogens with two attached hydrogens (primary N) is 1. The number of para-hydroxylation sites is 2. The second-order valence-corrected chi connectivity index (χ2v) is 4.75. The number of rotatable bonds is 5. The van der Waals surface area contributed by atoms with E-state index < -0.39 is 0 Å². The summed E-state index contributed by atoms with van der Waals surface area (Å²) in [6, 6.07) is 17.7. The van der Waals surface area contributed by atoms with Crippen molar-refractivity contribution < 1.29 is 4.74 Å². The van der Waals surface area contributed by atoms with Crippen LogP contribution >= 0.6 is 12.4 Å². The van der Waals surface area contributed by atoms with Crippen LogP contribution in [0.5, 0.6) is 0 Å². The molecule has 0 aliphatic carbocycles. The molecule has 3 rings (SSSR count). The van der Waals surface area contributed by atoms with Crippen molar-refractivity contribution in [2.24, 2.45) is 5.73 Å². The fourth-order valence-electron chi connectivity index (χ4n) is 2.11. The molecule has 0 saturated heterocycles. The van der Waals surface area contributed by atoms with Crippen LogP contribution in [0.4, 0.5) is 0 Å². The summed E-state index contributed by atoms with van der Waals surface area (Å²) in [6.07, 6.45) is 0. The van der Waals surface area contributed by atoms with Crippen LogP contribution in [0.2, 0.25) is 0 Å². The minimum atomic E-state index is -0.244. The zero-order chi connectivity index (χ0) is 13.8. The summed E-state index contributed by atoms with van der Waals surface area (Å²) < 4.78 is 5.65. The van der Waals surface area contributed by atoms with Crippen molar-refractivity contribution in [1.82, 2.24) is 9.97 Å². The maximum Gasteiger partial charge on any atom is 0.126 e. The monoisotopic (exact) mass is 303 g/mol. The number of aromatic nitrogens is 2. The maximum absolute atomic E-state index is 6.10. The van der Waals surface area contributed by atoms with Gasteiger partial charge in [-0.25, -0.2) is 4.98 Å². The Kier molecular flexibility index (Phi) is 5.33. The zero-order valence-corrected chi connectivity index (χ0v) is 12.3. The second-order valence-electron chi connectivity index (χ2n) is 4.75. The molecule has 0 radical (unpaired) electrons. The van der Waals surface area contributed by atoms with E-state index in [0.29, 0.717) is 13.2 Å². The molecule has 21 heavy (non-hydrogen) atoms. The van der Waals surface area contributed by atoms with Crippen molar-refractivity contribution in [2.45, 2.75) is 12.6 Å². The highest BCUT2D eigenvalue weighted by molar-refractivity contribution is 5.85. The molecule has 0 fully saturated rings. The van der Waals surface area contributed by atoms with Crippen LogP contribution in [0.25, 0.3) is 11.0 Å². The molecular formula is C16H18ClN3O. The first-order chi connectivity index (χ1) is 9.83. The van der Waals surface area contributed by atoms with Gasteiger partial charge in [-0.2, -0.15) is 0 Å². The number of benzene rings is 2. The van der Waals surface area contributed by atoms with E-state index in [1.807, 2.05) is 54.6 Å². The number of fused-ring (bicyclic) bond motifs is 1. The van der Waals surface area contributed by atoms with Gasteiger partial charge in [-0.1, -0.05) is 42.5 Å². The Morgan fingerprint density at radius 2 is 1.76 bits per heavy atom. The third-order valence-corrected chi connectivity index (χ3v) is 3.17. The van der Waals surface area contributed by atoms with Crippen molar-refractivity contribution in [2.75, 3.05) is 6.61 Å². The van der Waals surface area contributed by atoms with E-state index >= 15 is 0 Å². The van der Waals surface area contributed by atoms with Crippen molar-refractivity contribution in [3.8, 4) is 0 Å². The van der Waals surface area contributed by atoms with E-state index in [2.05, 4.69) is 9.97 Å². The van der Waals surface area contributed by atoms with Gasteiger partial charge in [0.05, 0.1) is 30.3 Å². The van der Waals surface area contributed by atoms with Gasteiger partial charge in [0.1, 0.15) is 5.82 Å². The van der Waals surface area contributed by atoms with Crippen LogP contribution in [0.15, 0.2) is 54.6 Å². The molecule has 0 aliphatic rings. The normalized spacial score (nSPS) is 12.0. The first-order valence-electron chi connectivity index (χ1n) is 6.65. The molecule has 0 spiro atoms. The van der Waals surface area contributed by atoms with E-state index in [-0.39, 0.29) is 18.4 Å². The number of imidazole rings is 1. The van der Waals surface area contributed by atoms with E-state index in [4.69, 9.17) is 10.5 Å². The van der Waals surface area contributed by atoms with Crippen molar-refractivity contribution in [1.29, 1.82) is 0 Å². The molecule has 0 amide bonds. The number of nitrogens with zero attached hydrogens (tertiary/aromatic N) is 1. The summed E-state index contributed by atoms with van der Waals surface area (Å²) >= 11 is 0. The number of H-pyrrole nitrogens is 1. The predicted molar refractivity (Wildman–Crippen MR) is 86.4 cm³/mol. The van der Waals surface area contributed by atoms with Gasteiger partial charge in [0.2, 0.25) is 0 Å². The summed E-state index contributed by atoms with van der Waals surface area (Å²) in [6.45, 7) is 1.00. The highest BCUT2D eigenvalue weighted by atomic mass is 35.5. The topological polar surface area (TPSA) is 63.9 Å². The summed E-state index contributed by atoms with van der Waals surface area (Å²) in [4.78, 5) is 7.71. The molecule has 1 aromatic heterocycles. The van der Waals surface area contributed by atoms with Crippen molar-refractivity contribution in [3.63, 3.8) is 0 Å². The third-order valence-electron chi connectivity index (χ3n) is 3.17. The first kappa shape index (κ1) is 15.5. The highest BCUT2D eigenvalue weighted by Gasteiger charge is 2.11. The Morgan fingerprint density at radius 3 is 2.52 bits per heavy atom. The largest absolute Gasteiger partial charge is 0.375 e. The molecular weight excluding hydrogens is 286 g/mol.